The number of anilines is 1. The molecule has 1 aliphatic heterocycles. The molecule has 1 saturated heterocycles. The van der Waals surface area contributed by atoms with Gasteiger partial charge in [0.2, 0.25) is 10.0 Å². The van der Waals surface area contributed by atoms with Crippen LogP contribution in [0.4, 0.5) is 5.82 Å². The monoisotopic (exact) mass is 334 g/mol. The summed E-state index contributed by atoms with van der Waals surface area (Å²) >= 11 is 5.80. The Kier molecular flexibility index (Phi) is 5.39. The number of ether oxygens (including phenoxy) is 1. The summed E-state index contributed by atoms with van der Waals surface area (Å²) < 4.78 is 32.4. The summed E-state index contributed by atoms with van der Waals surface area (Å²) in [5.41, 5.74) is 5.47. The van der Waals surface area contributed by atoms with Crippen molar-refractivity contribution in [2.45, 2.75) is 17.9 Å². The van der Waals surface area contributed by atoms with Crippen LogP contribution in [0.1, 0.15) is 6.92 Å². The van der Waals surface area contributed by atoms with E-state index in [1.54, 1.807) is 0 Å². The third-order valence-electron chi connectivity index (χ3n) is 3.33. The first-order valence-electron chi connectivity index (χ1n) is 6.67. The maximum Gasteiger partial charge on any atom is 0.242 e. The number of aromatic nitrogens is 1. The number of sulfonamides is 1. The molecule has 2 rings (SSSR count). The summed E-state index contributed by atoms with van der Waals surface area (Å²) in [5.74, 6) is 0.102. The van der Waals surface area contributed by atoms with Crippen LogP contribution in [-0.2, 0) is 14.8 Å². The Morgan fingerprint density at radius 1 is 1.62 bits per heavy atom. The van der Waals surface area contributed by atoms with Crippen molar-refractivity contribution in [1.82, 2.24) is 14.6 Å². The molecular formula is C12H19ClN4O3S. The molecule has 0 amide bonds. The van der Waals surface area contributed by atoms with Gasteiger partial charge in [0.1, 0.15) is 10.7 Å². The molecule has 0 aromatic carbocycles. The Morgan fingerprint density at radius 3 is 3.05 bits per heavy atom. The van der Waals surface area contributed by atoms with E-state index in [0.717, 1.165) is 13.1 Å². The highest BCUT2D eigenvalue weighted by atomic mass is 35.5. The van der Waals surface area contributed by atoms with Crippen molar-refractivity contribution in [1.29, 1.82) is 0 Å². The van der Waals surface area contributed by atoms with E-state index in [2.05, 4.69) is 21.5 Å². The summed E-state index contributed by atoms with van der Waals surface area (Å²) in [4.78, 5) is 5.96. The predicted molar refractivity (Wildman–Crippen MR) is 80.7 cm³/mol. The smallest absolute Gasteiger partial charge is 0.242 e. The van der Waals surface area contributed by atoms with Crippen LogP contribution in [0, 0.1) is 0 Å². The number of hydrogen-bond acceptors (Lipinski definition) is 6. The number of nitrogen functional groups attached to an aromatic ring is 1. The molecule has 0 radical (unpaired) electrons. The molecule has 1 fully saturated rings. The average molecular weight is 335 g/mol. The molecule has 21 heavy (non-hydrogen) atoms. The second-order valence-corrected chi connectivity index (χ2v) is 6.95. The lowest BCUT2D eigenvalue weighted by molar-refractivity contribution is -0.0229. The van der Waals surface area contributed by atoms with Crippen LogP contribution in [0.25, 0.3) is 0 Å². The molecule has 1 unspecified atom stereocenters. The summed E-state index contributed by atoms with van der Waals surface area (Å²) in [6.45, 7) is 5.38. The van der Waals surface area contributed by atoms with E-state index in [1.807, 2.05) is 0 Å². The van der Waals surface area contributed by atoms with Gasteiger partial charge in [-0.25, -0.2) is 18.1 Å². The van der Waals surface area contributed by atoms with Crippen molar-refractivity contribution in [2.75, 3.05) is 38.5 Å². The minimum atomic E-state index is -3.67. The van der Waals surface area contributed by atoms with Crippen LogP contribution in [0.15, 0.2) is 17.2 Å². The van der Waals surface area contributed by atoms with E-state index in [4.69, 9.17) is 22.1 Å². The number of rotatable bonds is 5. The number of nitrogens with two attached hydrogens (primary N) is 1. The molecule has 2 heterocycles. The first-order valence-corrected chi connectivity index (χ1v) is 8.53. The molecule has 0 aliphatic carbocycles. The standard InChI is InChI=1S/C12H19ClN4O3S/c1-2-17-3-4-20-9(8-17)6-16-21(18,19)10-5-11(13)12(14)15-7-10/h5,7,9,16H,2-4,6,8H2,1H3,(H2,14,15). The lowest BCUT2D eigenvalue weighted by Gasteiger charge is -2.32. The highest BCUT2D eigenvalue weighted by Crippen LogP contribution is 2.19. The van der Waals surface area contributed by atoms with Crippen molar-refractivity contribution in [3.8, 4) is 0 Å². The first-order chi connectivity index (χ1) is 9.92. The third kappa shape index (κ3) is 4.27. The molecule has 1 aromatic rings. The number of nitrogens with zero attached hydrogens (tertiary/aromatic N) is 2. The van der Waals surface area contributed by atoms with Crippen LogP contribution in [-0.4, -0.2) is 57.2 Å². The van der Waals surface area contributed by atoms with Crippen LogP contribution in [0.5, 0.6) is 0 Å². The Morgan fingerprint density at radius 2 is 2.38 bits per heavy atom. The Balaban J connectivity index is 1.99. The normalized spacial score (nSPS) is 20.6. The maximum atomic E-state index is 12.2. The van der Waals surface area contributed by atoms with Crippen molar-refractivity contribution in [2.24, 2.45) is 0 Å². The fraction of sp³-hybridized carbons (Fsp3) is 0.583. The molecule has 0 spiro atoms. The molecule has 9 heteroatoms. The van der Waals surface area contributed by atoms with Gasteiger partial charge in [-0.05, 0) is 12.6 Å². The van der Waals surface area contributed by atoms with E-state index in [1.165, 1.54) is 12.3 Å². The van der Waals surface area contributed by atoms with Gasteiger partial charge in [-0.15, -0.1) is 0 Å². The molecule has 3 N–H and O–H groups in total. The average Bonchev–Trinajstić information content (AvgIpc) is 2.48. The molecular weight excluding hydrogens is 316 g/mol. The molecule has 1 aliphatic rings. The summed E-state index contributed by atoms with van der Waals surface area (Å²) in [5, 5.41) is 0.115. The zero-order valence-corrected chi connectivity index (χ0v) is 13.3. The van der Waals surface area contributed by atoms with E-state index in [9.17, 15) is 8.42 Å². The SMILES string of the molecule is CCN1CCOC(CNS(=O)(=O)c2cnc(N)c(Cl)c2)C1. The minimum Gasteiger partial charge on any atom is -0.382 e. The van der Waals surface area contributed by atoms with Crippen LogP contribution < -0.4 is 10.5 Å². The zero-order chi connectivity index (χ0) is 15.5. The van der Waals surface area contributed by atoms with Crippen molar-refractivity contribution in [3.63, 3.8) is 0 Å². The highest BCUT2D eigenvalue weighted by molar-refractivity contribution is 7.89. The van der Waals surface area contributed by atoms with Crippen LogP contribution in [0.2, 0.25) is 5.02 Å². The van der Waals surface area contributed by atoms with E-state index >= 15 is 0 Å². The topological polar surface area (TPSA) is 97.5 Å². The molecule has 1 aromatic heterocycles. The number of hydrogen-bond donors (Lipinski definition) is 2. The summed E-state index contributed by atoms with van der Waals surface area (Å²) in [7, 11) is -3.67. The van der Waals surface area contributed by atoms with E-state index in [0.29, 0.717) is 13.2 Å². The highest BCUT2D eigenvalue weighted by Gasteiger charge is 2.22. The molecule has 1 atom stereocenters. The van der Waals surface area contributed by atoms with Crippen molar-refractivity contribution in [3.05, 3.63) is 17.3 Å². The van der Waals surface area contributed by atoms with Crippen LogP contribution in [0.3, 0.4) is 0 Å². The van der Waals surface area contributed by atoms with Gasteiger partial charge in [-0.2, -0.15) is 0 Å². The maximum absolute atomic E-state index is 12.2. The number of halogens is 1. The Hall–Kier alpha value is -0.930. The fourth-order valence-electron chi connectivity index (χ4n) is 2.06. The van der Waals surface area contributed by atoms with Gasteiger partial charge in [0.05, 0.1) is 17.7 Å². The number of likely N-dealkylation sites (N-methyl/N-ethyl adjacent to an activating group) is 1. The van der Waals surface area contributed by atoms with Gasteiger partial charge in [-0.3, -0.25) is 4.90 Å². The van der Waals surface area contributed by atoms with Crippen molar-refractivity contribution >= 4 is 27.4 Å². The Labute approximate surface area is 129 Å². The minimum absolute atomic E-state index is 0.00939. The quantitative estimate of drug-likeness (QED) is 0.804. The van der Waals surface area contributed by atoms with Gasteiger partial charge < -0.3 is 10.5 Å². The van der Waals surface area contributed by atoms with Gasteiger partial charge in [0.25, 0.3) is 0 Å². The lowest BCUT2D eigenvalue weighted by atomic mass is 10.3. The predicted octanol–water partition coefficient (Wildman–Crippen LogP) is 0.316. The Bertz CT molecular complexity index is 596. The third-order valence-corrected chi connectivity index (χ3v) is 5.02. The molecule has 118 valence electrons. The number of morpholine rings is 1. The van der Waals surface area contributed by atoms with E-state index < -0.39 is 10.0 Å². The fourth-order valence-corrected chi connectivity index (χ4v) is 3.32. The van der Waals surface area contributed by atoms with Gasteiger partial charge in [-0.1, -0.05) is 18.5 Å². The van der Waals surface area contributed by atoms with Crippen LogP contribution >= 0.6 is 11.6 Å². The van der Waals surface area contributed by atoms with E-state index in [-0.39, 0.29) is 28.4 Å². The molecule has 0 bridgehead atoms. The van der Waals surface area contributed by atoms with Gasteiger partial charge >= 0.3 is 0 Å². The molecule has 7 nitrogen and oxygen atoms in total. The summed E-state index contributed by atoms with van der Waals surface area (Å²) in [6, 6.07) is 1.28. The largest absolute Gasteiger partial charge is 0.382 e. The molecule has 0 saturated carbocycles. The first kappa shape index (κ1) is 16.4. The lowest BCUT2D eigenvalue weighted by Crippen LogP contribution is -2.47. The van der Waals surface area contributed by atoms with Gasteiger partial charge in [0, 0.05) is 25.8 Å². The number of nitrogens with one attached hydrogen (secondary N) is 1. The number of pyridine rings is 1. The second-order valence-electron chi connectivity index (χ2n) is 4.78. The second kappa shape index (κ2) is 6.89. The van der Waals surface area contributed by atoms with Crippen molar-refractivity contribution < 1.29 is 13.2 Å². The van der Waals surface area contributed by atoms with Gasteiger partial charge in [0.15, 0.2) is 0 Å². The zero-order valence-electron chi connectivity index (χ0n) is 11.8. The summed E-state index contributed by atoms with van der Waals surface area (Å²) in [6.07, 6.45) is 1.02.